The van der Waals surface area contributed by atoms with Crippen LogP contribution in [0.25, 0.3) is 0 Å². The number of rotatable bonds is 5. The zero-order valence-corrected chi connectivity index (χ0v) is 13.4. The maximum Gasteiger partial charge on any atom is 0.309 e. The van der Waals surface area contributed by atoms with Crippen molar-refractivity contribution in [2.75, 3.05) is 7.11 Å². The molecule has 0 aromatic heterocycles. The van der Waals surface area contributed by atoms with Gasteiger partial charge in [-0.1, -0.05) is 42.5 Å². The van der Waals surface area contributed by atoms with Crippen LogP contribution in [0.5, 0.6) is 5.75 Å². The summed E-state index contributed by atoms with van der Waals surface area (Å²) in [6.07, 6.45) is 0.0266. The van der Waals surface area contributed by atoms with Crippen molar-refractivity contribution >= 4 is 11.9 Å². The lowest BCUT2D eigenvalue weighted by molar-refractivity contribution is -0.142. The molecular formula is C19H19NO4. The van der Waals surface area contributed by atoms with Gasteiger partial charge in [-0.05, 0) is 23.3 Å². The van der Waals surface area contributed by atoms with Crippen molar-refractivity contribution in [2.24, 2.45) is 5.92 Å². The molecule has 124 valence electrons. The van der Waals surface area contributed by atoms with Gasteiger partial charge in [0.25, 0.3) is 0 Å². The van der Waals surface area contributed by atoms with Crippen LogP contribution in [0.15, 0.2) is 54.6 Å². The summed E-state index contributed by atoms with van der Waals surface area (Å²) in [5.41, 5.74) is 1.79. The molecular weight excluding hydrogens is 306 g/mol. The van der Waals surface area contributed by atoms with Crippen LogP contribution in [0.4, 0.5) is 0 Å². The van der Waals surface area contributed by atoms with Crippen molar-refractivity contribution in [3.05, 3.63) is 65.7 Å². The number of carbonyl (C=O) groups is 2. The van der Waals surface area contributed by atoms with Crippen LogP contribution in [0, 0.1) is 5.92 Å². The van der Waals surface area contributed by atoms with Gasteiger partial charge in [-0.25, -0.2) is 0 Å². The number of hydrogen-bond acceptors (Lipinski definition) is 3. The van der Waals surface area contributed by atoms with Crippen LogP contribution < -0.4 is 4.74 Å². The van der Waals surface area contributed by atoms with Crippen LogP contribution >= 0.6 is 0 Å². The number of ether oxygens (including phenoxy) is 1. The van der Waals surface area contributed by atoms with E-state index in [0.29, 0.717) is 12.3 Å². The molecule has 0 radical (unpaired) electrons. The zero-order chi connectivity index (χ0) is 17.1. The van der Waals surface area contributed by atoms with Gasteiger partial charge in [-0.2, -0.15) is 0 Å². The summed E-state index contributed by atoms with van der Waals surface area (Å²) in [5.74, 6) is -1.12. The highest BCUT2D eigenvalue weighted by Crippen LogP contribution is 2.39. The lowest BCUT2D eigenvalue weighted by atomic mass is 9.93. The summed E-state index contributed by atoms with van der Waals surface area (Å²) < 4.78 is 5.15. The Balaban J connectivity index is 1.94. The second-order valence-electron chi connectivity index (χ2n) is 5.87. The molecule has 2 aromatic rings. The van der Waals surface area contributed by atoms with Crippen LogP contribution in [-0.4, -0.2) is 29.0 Å². The fourth-order valence-corrected chi connectivity index (χ4v) is 3.19. The van der Waals surface area contributed by atoms with Crippen molar-refractivity contribution in [2.45, 2.75) is 19.0 Å². The van der Waals surface area contributed by atoms with Crippen LogP contribution in [0.1, 0.15) is 23.6 Å². The first-order chi connectivity index (χ1) is 11.6. The zero-order valence-electron chi connectivity index (χ0n) is 13.4. The Morgan fingerprint density at radius 3 is 2.42 bits per heavy atom. The maximum absolute atomic E-state index is 12.4. The molecule has 1 aliphatic heterocycles. The number of benzene rings is 2. The summed E-state index contributed by atoms with van der Waals surface area (Å²) in [5, 5.41) is 9.54. The summed E-state index contributed by atoms with van der Waals surface area (Å²) in [4.78, 5) is 25.7. The number of aliphatic carboxylic acids is 1. The Morgan fingerprint density at radius 1 is 1.17 bits per heavy atom. The maximum atomic E-state index is 12.4. The Kier molecular flexibility index (Phi) is 4.51. The first kappa shape index (κ1) is 16.1. The minimum atomic E-state index is -0.945. The molecule has 1 heterocycles. The highest BCUT2D eigenvalue weighted by Gasteiger charge is 2.44. The van der Waals surface area contributed by atoms with Crippen molar-refractivity contribution < 1.29 is 19.4 Å². The molecule has 5 heteroatoms. The number of hydrogen-bond donors (Lipinski definition) is 1. The Hall–Kier alpha value is -2.82. The molecule has 0 bridgehead atoms. The summed E-state index contributed by atoms with van der Waals surface area (Å²) in [6, 6.07) is 16.4. The molecule has 1 fully saturated rings. The van der Waals surface area contributed by atoms with Crippen molar-refractivity contribution in [3.63, 3.8) is 0 Å². The lowest BCUT2D eigenvalue weighted by Gasteiger charge is -2.27. The van der Waals surface area contributed by atoms with Gasteiger partial charge in [0.1, 0.15) is 5.75 Å². The quantitative estimate of drug-likeness (QED) is 0.918. The van der Waals surface area contributed by atoms with Crippen LogP contribution in [0.3, 0.4) is 0 Å². The fourth-order valence-electron chi connectivity index (χ4n) is 3.19. The number of carbonyl (C=O) groups excluding carboxylic acids is 1. The summed E-state index contributed by atoms with van der Waals surface area (Å²) in [6.45, 7) is 0.403. The molecule has 3 rings (SSSR count). The van der Waals surface area contributed by atoms with E-state index in [4.69, 9.17) is 4.74 Å². The molecule has 5 nitrogen and oxygen atoms in total. The molecule has 2 aromatic carbocycles. The predicted octanol–water partition coefficient (Wildman–Crippen LogP) is 2.87. The number of carboxylic acid groups (broad SMARTS) is 1. The van der Waals surface area contributed by atoms with Gasteiger partial charge in [-0.3, -0.25) is 9.59 Å². The van der Waals surface area contributed by atoms with Crippen molar-refractivity contribution in [1.29, 1.82) is 0 Å². The number of carboxylic acids is 1. The van der Waals surface area contributed by atoms with Gasteiger partial charge in [0.05, 0.1) is 19.1 Å². The van der Waals surface area contributed by atoms with E-state index in [9.17, 15) is 14.7 Å². The molecule has 1 saturated heterocycles. The highest BCUT2D eigenvalue weighted by molar-refractivity contribution is 5.87. The fraction of sp³-hybridized carbons (Fsp3) is 0.263. The SMILES string of the molecule is COc1ccc([C@H]2[C@@H](C(=O)O)CC(=O)N2Cc2ccccc2)cc1. The van der Waals surface area contributed by atoms with E-state index in [-0.39, 0.29) is 12.3 Å². The van der Waals surface area contributed by atoms with E-state index in [0.717, 1.165) is 11.1 Å². The lowest BCUT2D eigenvalue weighted by Crippen LogP contribution is -2.30. The van der Waals surface area contributed by atoms with E-state index >= 15 is 0 Å². The van der Waals surface area contributed by atoms with Crippen molar-refractivity contribution in [1.82, 2.24) is 4.90 Å². The molecule has 1 N–H and O–H groups in total. The smallest absolute Gasteiger partial charge is 0.309 e. The van der Waals surface area contributed by atoms with Gasteiger partial charge in [0.2, 0.25) is 5.91 Å². The second kappa shape index (κ2) is 6.74. The van der Waals surface area contributed by atoms with Crippen LogP contribution in [-0.2, 0) is 16.1 Å². The Bertz CT molecular complexity index is 727. The minimum absolute atomic E-state index is 0.0266. The molecule has 0 unspecified atom stereocenters. The molecule has 1 aliphatic rings. The second-order valence-corrected chi connectivity index (χ2v) is 5.87. The topological polar surface area (TPSA) is 66.8 Å². The average molecular weight is 325 g/mol. The molecule has 2 atom stereocenters. The van der Waals surface area contributed by atoms with E-state index in [2.05, 4.69) is 0 Å². The van der Waals surface area contributed by atoms with Gasteiger partial charge >= 0.3 is 5.97 Å². The van der Waals surface area contributed by atoms with E-state index in [1.165, 1.54) is 0 Å². The highest BCUT2D eigenvalue weighted by atomic mass is 16.5. The molecule has 24 heavy (non-hydrogen) atoms. The monoisotopic (exact) mass is 325 g/mol. The molecule has 0 spiro atoms. The van der Waals surface area contributed by atoms with Gasteiger partial charge in [-0.15, -0.1) is 0 Å². The normalized spacial score (nSPS) is 20.2. The van der Waals surface area contributed by atoms with Crippen molar-refractivity contribution in [3.8, 4) is 5.75 Å². The minimum Gasteiger partial charge on any atom is -0.497 e. The molecule has 0 saturated carbocycles. The largest absolute Gasteiger partial charge is 0.497 e. The number of methoxy groups -OCH3 is 1. The third-order valence-corrected chi connectivity index (χ3v) is 4.40. The standard InChI is InChI=1S/C19H19NO4/c1-24-15-9-7-14(8-10-15)18-16(19(22)23)11-17(21)20(18)12-13-5-3-2-4-6-13/h2-10,16,18H,11-12H2,1H3,(H,22,23)/t16-,18-/m0/s1. The van der Waals surface area contributed by atoms with E-state index in [1.807, 2.05) is 42.5 Å². The Morgan fingerprint density at radius 2 is 1.83 bits per heavy atom. The first-order valence-corrected chi connectivity index (χ1v) is 7.80. The number of nitrogens with zero attached hydrogens (tertiary/aromatic N) is 1. The summed E-state index contributed by atoms with van der Waals surface area (Å²) in [7, 11) is 1.58. The third-order valence-electron chi connectivity index (χ3n) is 4.40. The Labute approximate surface area is 140 Å². The third kappa shape index (κ3) is 3.11. The molecule has 1 amide bonds. The average Bonchev–Trinajstić information content (AvgIpc) is 2.93. The van der Waals surface area contributed by atoms with Gasteiger partial charge in [0.15, 0.2) is 0 Å². The first-order valence-electron chi connectivity index (χ1n) is 7.80. The predicted molar refractivity (Wildman–Crippen MR) is 88.5 cm³/mol. The summed E-state index contributed by atoms with van der Waals surface area (Å²) >= 11 is 0. The number of amides is 1. The van der Waals surface area contributed by atoms with Gasteiger partial charge in [0, 0.05) is 13.0 Å². The van der Waals surface area contributed by atoms with E-state index in [1.54, 1.807) is 24.1 Å². The molecule has 0 aliphatic carbocycles. The van der Waals surface area contributed by atoms with Crippen LogP contribution in [0.2, 0.25) is 0 Å². The van der Waals surface area contributed by atoms with Gasteiger partial charge < -0.3 is 14.7 Å². The van der Waals surface area contributed by atoms with E-state index < -0.39 is 17.9 Å². The number of likely N-dealkylation sites (tertiary alicyclic amines) is 1.